The Morgan fingerprint density at radius 3 is 2.15 bits per heavy atom. The molecule has 0 N–H and O–H groups in total. The number of hydrogen-bond donors (Lipinski definition) is 0. The second-order valence-electron chi connectivity index (χ2n) is 9.58. The van der Waals surface area contributed by atoms with Crippen molar-refractivity contribution >= 4 is 39.4 Å². The van der Waals surface area contributed by atoms with Gasteiger partial charge in [0.15, 0.2) is 4.80 Å². The Kier molecular flexibility index (Phi) is 7.11. The molecule has 0 bridgehead atoms. The van der Waals surface area contributed by atoms with E-state index in [-0.39, 0.29) is 11.6 Å². The van der Waals surface area contributed by atoms with Crippen LogP contribution >= 0.6 is 27.3 Å². The van der Waals surface area contributed by atoms with Crippen molar-refractivity contribution in [3.05, 3.63) is 130 Å². The van der Waals surface area contributed by atoms with Gasteiger partial charge in [0, 0.05) is 4.47 Å². The summed E-state index contributed by atoms with van der Waals surface area (Å²) in [5.74, 6) is 1.62. The number of thiazole rings is 1. The van der Waals surface area contributed by atoms with Crippen LogP contribution in [0.4, 0.5) is 0 Å². The molecule has 2 heterocycles. The highest BCUT2D eigenvalue weighted by Gasteiger charge is 2.32. The zero-order chi connectivity index (χ0) is 26.9. The molecule has 0 radical (unpaired) electrons. The largest absolute Gasteiger partial charge is 0.497 e. The van der Waals surface area contributed by atoms with Gasteiger partial charge in [-0.15, -0.1) is 0 Å². The van der Waals surface area contributed by atoms with Crippen LogP contribution in [0.2, 0.25) is 0 Å². The normalized spacial score (nSPS) is 18.0. The number of benzene rings is 3. The predicted molar refractivity (Wildman–Crippen MR) is 160 cm³/mol. The summed E-state index contributed by atoms with van der Waals surface area (Å²) in [7, 11) is 3.34. The van der Waals surface area contributed by atoms with Gasteiger partial charge in [-0.05, 0) is 95.6 Å². The van der Waals surface area contributed by atoms with Crippen LogP contribution in [0.25, 0.3) is 12.2 Å². The van der Waals surface area contributed by atoms with Crippen LogP contribution in [0.5, 0.6) is 11.5 Å². The van der Waals surface area contributed by atoms with Gasteiger partial charge < -0.3 is 9.47 Å². The molecule has 3 aromatic carbocycles. The average molecular weight is 600 g/mol. The van der Waals surface area contributed by atoms with Crippen molar-refractivity contribution < 1.29 is 9.47 Å². The Hall–Kier alpha value is -3.68. The lowest BCUT2D eigenvalue weighted by molar-refractivity contribution is 0.414. The van der Waals surface area contributed by atoms with Crippen LogP contribution in [0.1, 0.15) is 42.0 Å². The number of aromatic nitrogens is 1. The monoisotopic (exact) mass is 598 g/mol. The predicted octanol–water partition coefficient (Wildman–Crippen LogP) is 6.26. The second kappa shape index (κ2) is 10.8. The molecule has 1 aliphatic carbocycles. The van der Waals surface area contributed by atoms with Gasteiger partial charge in [-0.25, -0.2) is 4.99 Å². The maximum Gasteiger partial charge on any atom is 0.271 e. The van der Waals surface area contributed by atoms with Crippen molar-refractivity contribution in [3.63, 3.8) is 0 Å². The molecule has 4 aromatic rings. The summed E-state index contributed by atoms with van der Waals surface area (Å²) < 4.78 is 14.3. The fourth-order valence-corrected chi connectivity index (χ4v) is 6.52. The van der Waals surface area contributed by atoms with Crippen molar-refractivity contribution in [2.24, 2.45) is 4.99 Å². The molecule has 0 saturated heterocycles. The molecule has 1 atom stereocenters. The van der Waals surface area contributed by atoms with E-state index in [1.807, 2.05) is 59.2 Å². The Bertz CT molecular complexity index is 1760. The number of fused-ring (bicyclic) bond motifs is 1. The molecule has 2 aliphatic rings. The van der Waals surface area contributed by atoms with Gasteiger partial charge >= 0.3 is 0 Å². The summed E-state index contributed by atoms with van der Waals surface area (Å²) in [4.78, 5) is 19.8. The highest BCUT2D eigenvalue weighted by molar-refractivity contribution is 9.10. The van der Waals surface area contributed by atoms with E-state index in [4.69, 9.17) is 14.5 Å². The Morgan fingerprint density at radius 1 is 0.872 bits per heavy atom. The molecular formula is C32H27BrN2O3S. The minimum absolute atomic E-state index is 0.0136. The van der Waals surface area contributed by atoms with Crippen molar-refractivity contribution in [1.82, 2.24) is 4.57 Å². The summed E-state index contributed by atoms with van der Waals surface area (Å²) in [6.45, 7) is 0. The molecule has 0 amide bonds. The van der Waals surface area contributed by atoms with Crippen molar-refractivity contribution in [2.75, 3.05) is 14.2 Å². The lowest BCUT2D eigenvalue weighted by Gasteiger charge is -2.31. The third-order valence-electron chi connectivity index (χ3n) is 7.19. The number of methoxy groups -OCH3 is 2. The molecule has 6 rings (SSSR count). The van der Waals surface area contributed by atoms with Crippen LogP contribution in [0, 0.1) is 0 Å². The third kappa shape index (κ3) is 5.04. The Balaban J connectivity index is 1.54. The standard InChI is InChI=1S/C32H27BrN2O3S/c1-37-25-14-8-20(9-15-25)18-23-4-3-5-27-29(23)34-32-35(30(27)22-10-16-26(38-2)17-11-22)31(36)28(39-32)19-21-6-12-24(33)13-7-21/h6-19,30H,3-5H2,1-2H3/b23-18-,28-19?/t30-/m0/s1. The summed E-state index contributed by atoms with van der Waals surface area (Å²) in [5.41, 5.74) is 6.52. The molecule has 0 saturated carbocycles. The van der Waals surface area contributed by atoms with Crippen molar-refractivity contribution in [3.8, 4) is 11.5 Å². The van der Waals surface area contributed by atoms with Crippen LogP contribution < -0.4 is 24.4 Å². The average Bonchev–Trinajstić information content (AvgIpc) is 3.28. The SMILES string of the molecule is COc1ccc(/C=C2/CCCC3=C2N=c2sc(=Cc4ccc(Br)cc4)c(=O)n2[C@H]3c2ccc(OC)cc2)cc1. The third-order valence-corrected chi connectivity index (χ3v) is 8.70. The summed E-state index contributed by atoms with van der Waals surface area (Å²) in [6, 6.07) is 23.9. The van der Waals surface area contributed by atoms with Crippen LogP contribution in [0.3, 0.4) is 0 Å². The highest BCUT2D eigenvalue weighted by Crippen LogP contribution is 2.41. The summed E-state index contributed by atoms with van der Waals surface area (Å²) >= 11 is 4.94. The molecule has 7 heteroatoms. The van der Waals surface area contributed by atoms with Gasteiger partial charge in [0.05, 0.1) is 30.5 Å². The van der Waals surface area contributed by atoms with E-state index in [9.17, 15) is 4.79 Å². The number of ether oxygens (including phenoxy) is 2. The van der Waals surface area contributed by atoms with Crippen LogP contribution in [-0.4, -0.2) is 18.8 Å². The van der Waals surface area contributed by atoms with Crippen molar-refractivity contribution in [1.29, 1.82) is 0 Å². The van der Waals surface area contributed by atoms with E-state index in [0.29, 0.717) is 4.53 Å². The molecule has 39 heavy (non-hydrogen) atoms. The number of allylic oxidation sites excluding steroid dienone is 2. The maximum absolute atomic E-state index is 13.9. The zero-order valence-corrected chi connectivity index (χ0v) is 24.1. The van der Waals surface area contributed by atoms with Crippen LogP contribution in [0.15, 0.2) is 104 Å². The van der Waals surface area contributed by atoms with E-state index in [1.54, 1.807) is 14.2 Å². The first-order chi connectivity index (χ1) is 19.0. The Morgan fingerprint density at radius 2 is 1.49 bits per heavy atom. The summed E-state index contributed by atoms with van der Waals surface area (Å²) in [6.07, 6.45) is 7.02. The quantitative estimate of drug-likeness (QED) is 0.272. The highest BCUT2D eigenvalue weighted by atomic mass is 79.9. The number of hydrogen-bond acceptors (Lipinski definition) is 5. The number of halogens is 1. The smallest absolute Gasteiger partial charge is 0.271 e. The van der Waals surface area contributed by atoms with Crippen LogP contribution in [-0.2, 0) is 0 Å². The Labute approximate surface area is 239 Å². The lowest BCUT2D eigenvalue weighted by Crippen LogP contribution is -2.39. The first-order valence-electron chi connectivity index (χ1n) is 12.8. The topological polar surface area (TPSA) is 52.8 Å². The summed E-state index contributed by atoms with van der Waals surface area (Å²) in [5, 5.41) is 0. The molecule has 5 nitrogen and oxygen atoms in total. The fraction of sp³-hybridized carbons (Fsp3) is 0.188. The lowest BCUT2D eigenvalue weighted by atomic mass is 9.84. The van der Waals surface area contributed by atoms with Gasteiger partial charge in [0.1, 0.15) is 11.5 Å². The maximum atomic E-state index is 13.9. The first-order valence-corrected chi connectivity index (χ1v) is 14.4. The van der Waals surface area contributed by atoms with E-state index >= 15 is 0 Å². The van der Waals surface area contributed by atoms with Gasteiger partial charge in [0.2, 0.25) is 0 Å². The molecule has 1 aliphatic heterocycles. The number of rotatable bonds is 5. The van der Waals surface area contributed by atoms with E-state index in [0.717, 1.165) is 62.4 Å². The molecule has 0 fully saturated rings. The minimum Gasteiger partial charge on any atom is -0.497 e. The molecular weight excluding hydrogens is 572 g/mol. The molecule has 196 valence electrons. The van der Waals surface area contributed by atoms with Gasteiger partial charge in [0.25, 0.3) is 5.56 Å². The second-order valence-corrected chi connectivity index (χ2v) is 11.5. The van der Waals surface area contributed by atoms with Gasteiger partial charge in [-0.2, -0.15) is 0 Å². The first kappa shape index (κ1) is 25.6. The van der Waals surface area contributed by atoms with E-state index < -0.39 is 0 Å². The number of nitrogens with zero attached hydrogens (tertiary/aromatic N) is 2. The van der Waals surface area contributed by atoms with Gasteiger partial charge in [-0.1, -0.05) is 63.7 Å². The van der Waals surface area contributed by atoms with Crippen molar-refractivity contribution in [2.45, 2.75) is 25.3 Å². The van der Waals surface area contributed by atoms with E-state index in [1.165, 1.54) is 22.5 Å². The minimum atomic E-state index is -0.214. The van der Waals surface area contributed by atoms with E-state index in [2.05, 4.69) is 46.3 Å². The van der Waals surface area contributed by atoms with Gasteiger partial charge in [-0.3, -0.25) is 9.36 Å². The molecule has 1 aromatic heterocycles. The zero-order valence-electron chi connectivity index (χ0n) is 21.7. The fourth-order valence-electron chi connectivity index (χ4n) is 5.25. The molecule has 0 spiro atoms. The molecule has 0 unspecified atom stereocenters.